The Hall–Kier alpha value is -0.200. The summed E-state index contributed by atoms with van der Waals surface area (Å²) in [6, 6.07) is 13.4. The van der Waals surface area contributed by atoms with Crippen LogP contribution in [-0.2, 0) is 0 Å². The molecular weight excluding hydrogens is 521 g/mol. The van der Waals surface area contributed by atoms with E-state index in [-0.39, 0.29) is 0 Å². The Morgan fingerprint density at radius 3 is 1.46 bits per heavy atom. The van der Waals surface area contributed by atoms with E-state index in [1.165, 1.54) is 132 Å². The number of thiol groups is 1. The zero-order valence-electron chi connectivity index (χ0n) is 21.6. The second-order valence-corrected chi connectivity index (χ2v) is 15.0. The topological polar surface area (TPSA) is 0 Å². The van der Waals surface area contributed by atoms with Crippen LogP contribution >= 0.6 is 58.4 Å². The molecule has 0 unspecified atom stereocenters. The van der Waals surface area contributed by atoms with Crippen LogP contribution in [0.2, 0.25) is 0 Å². The normalized spacial score (nSPS) is 11.5. The highest BCUT2D eigenvalue weighted by Crippen LogP contribution is 2.42. The summed E-state index contributed by atoms with van der Waals surface area (Å²) in [6.07, 6.45) is 23.0. The Morgan fingerprint density at radius 2 is 0.943 bits per heavy atom. The largest absolute Gasteiger partial charge is 0.134 e. The van der Waals surface area contributed by atoms with Gasteiger partial charge in [-0.05, 0) is 48.6 Å². The molecule has 35 heavy (non-hydrogen) atoms. The zero-order chi connectivity index (χ0) is 24.6. The third-order valence-corrected chi connectivity index (χ3v) is 11.7. The minimum atomic E-state index is 1.08. The Morgan fingerprint density at radius 1 is 0.514 bits per heavy atom. The molecule has 0 spiro atoms. The van der Waals surface area contributed by atoms with E-state index in [9.17, 15) is 0 Å². The van der Waals surface area contributed by atoms with Crippen molar-refractivity contribution in [2.75, 3.05) is 5.75 Å². The number of thioether (sulfide) groups is 1. The fraction of sp³-hybridized carbons (Fsp3) is 0.600. The van der Waals surface area contributed by atoms with Crippen LogP contribution in [0.3, 0.4) is 0 Å². The Kier molecular flexibility index (Phi) is 15.2. The summed E-state index contributed by atoms with van der Waals surface area (Å²) >= 11 is 12.1. The molecule has 3 heterocycles. The van der Waals surface area contributed by atoms with Crippen LogP contribution < -0.4 is 0 Å². The third kappa shape index (κ3) is 11.8. The van der Waals surface area contributed by atoms with E-state index < -0.39 is 0 Å². The number of hydrogen-bond donors (Lipinski definition) is 1. The van der Waals surface area contributed by atoms with Gasteiger partial charge in [0.2, 0.25) is 0 Å². The number of hydrogen-bond acceptors (Lipinski definition) is 5. The predicted molar refractivity (Wildman–Crippen MR) is 168 cm³/mol. The second kappa shape index (κ2) is 18.1. The molecule has 0 bridgehead atoms. The Balaban J connectivity index is 1.15. The van der Waals surface area contributed by atoms with Gasteiger partial charge in [0.15, 0.2) is 0 Å². The number of thiophene rings is 3. The van der Waals surface area contributed by atoms with Gasteiger partial charge < -0.3 is 0 Å². The fourth-order valence-electron chi connectivity index (χ4n) is 4.42. The maximum Gasteiger partial charge on any atom is 0.0605 e. The van der Waals surface area contributed by atoms with Gasteiger partial charge in [-0.1, -0.05) is 103 Å². The monoisotopic (exact) mass is 564 g/mol. The molecule has 0 saturated heterocycles. The van der Waals surface area contributed by atoms with Crippen molar-refractivity contribution < 1.29 is 0 Å². The second-order valence-electron chi connectivity index (χ2n) is 9.57. The molecule has 0 fully saturated rings. The minimum Gasteiger partial charge on any atom is -0.134 e. The fourth-order valence-corrected chi connectivity index (χ4v) is 8.92. The molecule has 0 aliphatic carbocycles. The molecule has 0 atom stereocenters. The van der Waals surface area contributed by atoms with E-state index in [0.717, 1.165) is 4.21 Å². The van der Waals surface area contributed by atoms with Crippen LogP contribution in [0.25, 0.3) is 19.5 Å². The van der Waals surface area contributed by atoms with Crippen LogP contribution in [0, 0.1) is 0 Å². The lowest BCUT2D eigenvalue weighted by Crippen LogP contribution is -1.84. The van der Waals surface area contributed by atoms with E-state index in [1.807, 2.05) is 34.4 Å². The molecule has 0 aromatic carbocycles. The first kappa shape index (κ1) is 29.4. The van der Waals surface area contributed by atoms with Gasteiger partial charge in [0.25, 0.3) is 0 Å². The summed E-state index contributed by atoms with van der Waals surface area (Å²) in [5.74, 6) is 1.26. The van der Waals surface area contributed by atoms with E-state index in [4.69, 9.17) is 0 Å². The standard InChI is InChI=1S/C30H44S5/c1-2-3-4-5-6-7-8-9-10-11-12-13-14-15-16-17-24-32-30-23-21-28(35-30)26-19-18-25(33-26)27-20-22-29(31)34-27/h18-23,31H,2-17,24H2,1H3. The molecule has 0 radical (unpaired) electrons. The van der Waals surface area contributed by atoms with E-state index in [2.05, 4.69) is 56.0 Å². The molecule has 0 nitrogen and oxygen atoms in total. The van der Waals surface area contributed by atoms with Gasteiger partial charge in [-0.2, -0.15) is 0 Å². The van der Waals surface area contributed by atoms with Crippen LogP contribution in [0.5, 0.6) is 0 Å². The highest BCUT2D eigenvalue weighted by atomic mass is 32.2. The van der Waals surface area contributed by atoms with Gasteiger partial charge in [-0.15, -0.1) is 58.4 Å². The quantitative estimate of drug-likeness (QED) is 0.0808. The molecule has 0 aliphatic rings. The molecule has 0 aliphatic heterocycles. The SMILES string of the molecule is CCCCCCCCCCCCCCCCCCSc1ccc(-c2ccc(-c3ccc(S)s3)s2)s1. The maximum atomic E-state index is 4.45. The molecule has 0 N–H and O–H groups in total. The van der Waals surface area contributed by atoms with Gasteiger partial charge in [0, 0.05) is 19.5 Å². The molecule has 0 saturated carbocycles. The van der Waals surface area contributed by atoms with Crippen molar-refractivity contribution in [3.05, 3.63) is 36.4 Å². The van der Waals surface area contributed by atoms with Crippen LogP contribution in [0.1, 0.15) is 110 Å². The highest BCUT2D eigenvalue weighted by Gasteiger charge is 2.09. The zero-order valence-corrected chi connectivity index (χ0v) is 25.7. The van der Waals surface area contributed by atoms with Crippen molar-refractivity contribution in [3.63, 3.8) is 0 Å². The molecule has 3 aromatic heterocycles. The average Bonchev–Trinajstić information content (AvgIpc) is 3.62. The molecular formula is C30H44S5. The van der Waals surface area contributed by atoms with Crippen molar-refractivity contribution in [2.24, 2.45) is 0 Å². The molecule has 3 aromatic rings. The lowest BCUT2D eigenvalue weighted by atomic mass is 10.0. The number of unbranched alkanes of at least 4 members (excludes halogenated alkanes) is 15. The lowest BCUT2D eigenvalue weighted by Gasteiger charge is -2.03. The summed E-state index contributed by atoms with van der Waals surface area (Å²) in [5.41, 5.74) is 0. The molecule has 194 valence electrons. The molecule has 0 amide bonds. The first-order valence-corrected chi connectivity index (χ1v) is 17.8. The molecule has 3 rings (SSSR count). The minimum absolute atomic E-state index is 1.08. The first-order valence-electron chi connectivity index (χ1n) is 13.9. The van der Waals surface area contributed by atoms with Crippen molar-refractivity contribution >= 4 is 58.4 Å². The van der Waals surface area contributed by atoms with Crippen molar-refractivity contribution in [1.82, 2.24) is 0 Å². The summed E-state index contributed by atoms with van der Waals surface area (Å²) in [6.45, 7) is 2.30. The summed E-state index contributed by atoms with van der Waals surface area (Å²) in [5, 5.41) is 0. The van der Waals surface area contributed by atoms with Crippen LogP contribution in [0.4, 0.5) is 0 Å². The van der Waals surface area contributed by atoms with Gasteiger partial charge >= 0.3 is 0 Å². The Labute approximate surface area is 236 Å². The van der Waals surface area contributed by atoms with Crippen molar-refractivity contribution in [3.8, 4) is 19.5 Å². The van der Waals surface area contributed by atoms with Crippen LogP contribution in [0.15, 0.2) is 44.8 Å². The summed E-state index contributed by atoms with van der Waals surface area (Å²) in [7, 11) is 0. The van der Waals surface area contributed by atoms with E-state index >= 15 is 0 Å². The summed E-state index contributed by atoms with van der Waals surface area (Å²) < 4.78 is 2.54. The lowest BCUT2D eigenvalue weighted by molar-refractivity contribution is 0.532. The van der Waals surface area contributed by atoms with Gasteiger partial charge in [-0.25, -0.2) is 0 Å². The van der Waals surface area contributed by atoms with Gasteiger partial charge in [-0.3, -0.25) is 0 Å². The number of rotatable bonds is 20. The first-order chi connectivity index (χ1) is 17.3. The predicted octanol–water partition coefficient (Wildman–Crippen LogP) is 12.8. The van der Waals surface area contributed by atoms with Gasteiger partial charge in [0.1, 0.15) is 0 Å². The van der Waals surface area contributed by atoms with E-state index in [0.29, 0.717) is 0 Å². The van der Waals surface area contributed by atoms with Crippen molar-refractivity contribution in [1.29, 1.82) is 0 Å². The maximum absolute atomic E-state index is 4.45. The summed E-state index contributed by atoms with van der Waals surface area (Å²) in [4.78, 5) is 5.45. The molecule has 5 heteroatoms. The third-order valence-electron chi connectivity index (χ3n) is 6.51. The van der Waals surface area contributed by atoms with Crippen molar-refractivity contribution in [2.45, 2.75) is 118 Å². The van der Waals surface area contributed by atoms with E-state index in [1.54, 1.807) is 11.3 Å². The Bertz CT molecular complexity index is 919. The average molecular weight is 565 g/mol. The van der Waals surface area contributed by atoms with Gasteiger partial charge in [0.05, 0.1) is 8.42 Å². The van der Waals surface area contributed by atoms with Crippen LogP contribution in [-0.4, -0.2) is 5.75 Å². The highest BCUT2D eigenvalue weighted by molar-refractivity contribution is 8.01. The smallest absolute Gasteiger partial charge is 0.0605 e.